The van der Waals surface area contributed by atoms with Gasteiger partial charge in [-0.25, -0.2) is 0 Å². The zero-order valence-electron chi connectivity index (χ0n) is 9.48. The van der Waals surface area contributed by atoms with E-state index in [1.165, 1.54) is 18.4 Å². The minimum atomic E-state index is 0.385. The predicted molar refractivity (Wildman–Crippen MR) is 63.3 cm³/mol. The molecule has 1 spiro atoms. The molecule has 0 unspecified atom stereocenters. The van der Waals surface area contributed by atoms with Gasteiger partial charge in [0.25, 0.3) is 0 Å². The van der Waals surface area contributed by atoms with E-state index in [0.717, 1.165) is 32.3 Å². The molecule has 84 valence electrons. The normalized spacial score (nSPS) is 22.1. The van der Waals surface area contributed by atoms with Crippen LogP contribution in [0.3, 0.4) is 0 Å². The van der Waals surface area contributed by atoms with Crippen molar-refractivity contribution in [1.29, 1.82) is 0 Å². The molecule has 1 saturated heterocycles. The van der Waals surface area contributed by atoms with E-state index in [1.54, 1.807) is 5.56 Å². The van der Waals surface area contributed by atoms with E-state index < -0.39 is 0 Å². The third kappa shape index (κ3) is 1.36. The number of carbonyl (C=O) groups excluding carboxylic acids is 1. The Labute approximate surface area is 96.3 Å². The van der Waals surface area contributed by atoms with Crippen LogP contribution in [0.4, 0.5) is 0 Å². The van der Waals surface area contributed by atoms with Gasteiger partial charge in [0.1, 0.15) is 0 Å². The molecule has 0 atom stereocenters. The number of hydrogen-bond donors (Lipinski definition) is 0. The zero-order valence-corrected chi connectivity index (χ0v) is 9.48. The van der Waals surface area contributed by atoms with E-state index in [-0.39, 0.29) is 0 Å². The smallest absolute Gasteiger partial charge is 0.209 e. The highest BCUT2D eigenvalue weighted by Gasteiger charge is 2.40. The van der Waals surface area contributed by atoms with Crippen molar-refractivity contribution >= 4 is 6.41 Å². The number of piperidine rings is 1. The number of benzene rings is 1. The molecule has 1 fully saturated rings. The maximum atomic E-state index is 10.7. The molecule has 3 rings (SSSR count). The first kappa shape index (κ1) is 9.88. The molecule has 1 aromatic carbocycles. The molecule has 1 aliphatic heterocycles. The van der Waals surface area contributed by atoms with Crippen LogP contribution in [0.15, 0.2) is 24.3 Å². The fourth-order valence-electron chi connectivity index (χ4n) is 3.34. The van der Waals surface area contributed by atoms with Gasteiger partial charge in [0.15, 0.2) is 0 Å². The summed E-state index contributed by atoms with van der Waals surface area (Å²) in [6.45, 7) is 1.86. The van der Waals surface area contributed by atoms with Crippen molar-refractivity contribution < 1.29 is 4.79 Å². The Bertz CT molecular complexity index is 405. The second-order valence-electron chi connectivity index (χ2n) is 5.08. The first-order chi connectivity index (χ1) is 7.84. The monoisotopic (exact) mass is 215 g/mol. The van der Waals surface area contributed by atoms with Crippen molar-refractivity contribution in [1.82, 2.24) is 4.90 Å². The van der Waals surface area contributed by atoms with E-state index in [2.05, 4.69) is 24.3 Å². The van der Waals surface area contributed by atoms with Crippen LogP contribution in [0.25, 0.3) is 0 Å². The first-order valence-corrected chi connectivity index (χ1v) is 6.12. The number of amides is 1. The van der Waals surface area contributed by atoms with Crippen molar-refractivity contribution in [3.8, 4) is 0 Å². The van der Waals surface area contributed by atoms with Crippen LogP contribution >= 0.6 is 0 Å². The maximum absolute atomic E-state index is 10.7. The van der Waals surface area contributed by atoms with Crippen LogP contribution in [0.2, 0.25) is 0 Å². The van der Waals surface area contributed by atoms with Crippen LogP contribution in [0.5, 0.6) is 0 Å². The summed E-state index contributed by atoms with van der Waals surface area (Å²) in [5.41, 5.74) is 3.47. The van der Waals surface area contributed by atoms with Crippen LogP contribution in [-0.2, 0) is 16.6 Å². The Kier molecular flexibility index (Phi) is 2.23. The first-order valence-electron chi connectivity index (χ1n) is 6.12. The summed E-state index contributed by atoms with van der Waals surface area (Å²) in [7, 11) is 0. The minimum absolute atomic E-state index is 0.385. The molecule has 2 nitrogen and oxygen atoms in total. The summed E-state index contributed by atoms with van der Waals surface area (Å²) in [6, 6.07) is 8.84. The average Bonchev–Trinajstić information content (AvgIpc) is 2.71. The quantitative estimate of drug-likeness (QED) is 0.657. The number of likely N-dealkylation sites (tertiary alicyclic amines) is 1. The van der Waals surface area contributed by atoms with Gasteiger partial charge in [-0.1, -0.05) is 24.3 Å². The molecule has 2 heteroatoms. The van der Waals surface area contributed by atoms with Gasteiger partial charge in [0, 0.05) is 13.1 Å². The van der Waals surface area contributed by atoms with E-state index in [1.807, 2.05) is 4.90 Å². The molecule has 1 aromatic rings. The molecule has 1 aliphatic carbocycles. The highest BCUT2D eigenvalue weighted by Crippen LogP contribution is 2.45. The summed E-state index contributed by atoms with van der Waals surface area (Å²) in [5, 5.41) is 0. The minimum Gasteiger partial charge on any atom is -0.345 e. The SMILES string of the molecule is O=CN1CCC2(CCc3ccccc32)CC1. The molecule has 1 amide bonds. The molecule has 0 aromatic heterocycles. The molecule has 0 bridgehead atoms. The lowest BCUT2D eigenvalue weighted by atomic mass is 9.74. The van der Waals surface area contributed by atoms with Gasteiger partial charge in [-0.2, -0.15) is 0 Å². The lowest BCUT2D eigenvalue weighted by molar-refractivity contribution is -0.119. The van der Waals surface area contributed by atoms with Crippen molar-refractivity contribution in [3.05, 3.63) is 35.4 Å². The average molecular weight is 215 g/mol. The van der Waals surface area contributed by atoms with Gasteiger partial charge < -0.3 is 4.90 Å². The van der Waals surface area contributed by atoms with Crippen molar-refractivity contribution in [2.24, 2.45) is 0 Å². The number of hydrogen-bond acceptors (Lipinski definition) is 1. The Morgan fingerprint density at radius 2 is 1.88 bits per heavy atom. The molecule has 1 heterocycles. The van der Waals surface area contributed by atoms with E-state index in [0.29, 0.717) is 5.41 Å². The molecular formula is C14H17NO. The van der Waals surface area contributed by atoms with Gasteiger partial charge in [0.2, 0.25) is 6.41 Å². The Morgan fingerprint density at radius 3 is 2.62 bits per heavy atom. The molecular weight excluding hydrogens is 198 g/mol. The number of nitrogens with zero attached hydrogens (tertiary/aromatic N) is 1. The molecule has 0 saturated carbocycles. The largest absolute Gasteiger partial charge is 0.345 e. The highest BCUT2D eigenvalue weighted by molar-refractivity contribution is 5.48. The second-order valence-corrected chi connectivity index (χ2v) is 5.08. The molecule has 0 N–H and O–H groups in total. The predicted octanol–water partition coefficient (Wildman–Crippen LogP) is 2.12. The molecule has 2 aliphatic rings. The van der Waals surface area contributed by atoms with Crippen molar-refractivity contribution in [2.75, 3.05) is 13.1 Å². The van der Waals surface area contributed by atoms with Crippen LogP contribution in [0, 0.1) is 0 Å². The third-order valence-electron chi connectivity index (χ3n) is 4.37. The molecule has 0 radical (unpaired) electrons. The summed E-state index contributed by atoms with van der Waals surface area (Å²) in [5.74, 6) is 0. The van der Waals surface area contributed by atoms with Crippen LogP contribution in [0.1, 0.15) is 30.4 Å². The fraction of sp³-hybridized carbons (Fsp3) is 0.500. The standard InChI is InChI=1S/C14H17NO/c16-11-15-9-7-14(8-10-15)6-5-12-3-1-2-4-13(12)14/h1-4,11H,5-10H2. The van der Waals surface area contributed by atoms with Gasteiger partial charge in [-0.15, -0.1) is 0 Å². The summed E-state index contributed by atoms with van der Waals surface area (Å²) in [6.07, 6.45) is 5.77. The number of carbonyl (C=O) groups is 1. The van der Waals surface area contributed by atoms with Crippen LogP contribution < -0.4 is 0 Å². The van der Waals surface area contributed by atoms with Gasteiger partial charge in [0.05, 0.1) is 0 Å². The van der Waals surface area contributed by atoms with E-state index in [4.69, 9.17) is 0 Å². The Morgan fingerprint density at radius 1 is 1.12 bits per heavy atom. The number of fused-ring (bicyclic) bond motifs is 2. The van der Waals surface area contributed by atoms with Crippen molar-refractivity contribution in [2.45, 2.75) is 31.1 Å². The maximum Gasteiger partial charge on any atom is 0.209 e. The lowest BCUT2D eigenvalue weighted by Crippen LogP contribution is -2.40. The fourth-order valence-corrected chi connectivity index (χ4v) is 3.34. The second kappa shape index (κ2) is 3.62. The van der Waals surface area contributed by atoms with E-state index in [9.17, 15) is 4.79 Å². The van der Waals surface area contributed by atoms with Gasteiger partial charge >= 0.3 is 0 Å². The third-order valence-corrected chi connectivity index (χ3v) is 4.37. The summed E-state index contributed by atoms with van der Waals surface area (Å²) in [4.78, 5) is 12.6. The topological polar surface area (TPSA) is 20.3 Å². The summed E-state index contributed by atoms with van der Waals surface area (Å²) < 4.78 is 0. The number of rotatable bonds is 1. The molecule has 16 heavy (non-hydrogen) atoms. The van der Waals surface area contributed by atoms with Crippen LogP contribution in [-0.4, -0.2) is 24.4 Å². The Hall–Kier alpha value is -1.31. The number of aryl methyl sites for hydroxylation is 1. The van der Waals surface area contributed by atoms with Gasteiger partial charge in [-0.3, -0.25) is 4.79 Å². The summed E-state index contributed by atoms with van der Waals surface area (Å²) >= 11 is 0. The van der Waals surface area contributed by atoms with E-state index >= 15 is 0 Å². The van der Waals surface area contributed by atoms with Crippen molar-refractivity contribution in [3.63, 3.8) is 0 Å². The highest BCUT2D eigenvalue weighted by atomic mass is 16.1. The lowest BCUT2D eigenvalue weighted by Gasteiger charge is -2.38. The Balaban J connectivity index is 1.89. The van der Waals surface area contributed by atoms with Gasteiger partial charge in [-0.05, 0) is 42.2 Å². The zero-order chi connectivity index (χ0) is 11.0.